The molecule has 2 rings (SSSR count). The fourth-order valence-electron chi connectivity index (χ4n) is 0.929. The monoisotopic (exact) mass is 169 g/mol. The van der Waals surface area contributed by atoms with E-state index in [0.29, 0.717) is 0 Å². The van der Waals surface area contributed by atoms with Gasteiger partial charge in [0, 0.05) is 11.0 Å². The number of rotatable bonds is 2. The maximum Gasteiger partial charge on any atom is 0.0780 e. The third-order valence-corrected chi connectivity index (χ3v) is 3.00. The minimum absolute atomic E-state index is 1.36. The van der Waals surface area contributed by atoms with E-state index in [4.69, 9.17) is 0 Å². The van der Waals surface area contributed by atoms with Gasteiger partial charge in [0.2, 0.25) is 0 Å². The highest BCUT2D eigenvalue weighted by Crippen LogP contribution is 2.54. The maximum absolute atomic E-state index is 2.23. The minimum Gasteiger partial charge on any atom is -0.271 e. The van der Waals surface area contributed by atoms with Crippen LogP contribution in [-0.2, 0) is 0 Å². The third kappa shape index (κ3) is 0.896. The molecule has 1 aromatic rings. The molecule has 0 fully saturated rings. The van der Waals surface area contributed by atoms with Gasteiger partial charge >= 0.3 is 0 Å². The van der Waals surface area contributed by atoms with Crippen LogP contribution in [-0.4, -0.2) is 6.26 Å². The molecule has 0 atom stereocenters. The molecule has 0 bridgehead atoms. The van der Waals surface area contributed by atoms with E-state index < -0.39 is 0 Å². The van der Waals surface area contributed by atoms with Crippen LogP contribution in [0.15, 0.2) is 24.3 Å². The number of fused-ring (bicyclic) bond motifs is 1. The standard InChI is InChI=1S/C7H7NS2/c1-9-10-8-6-4-2-3-5-7(6)8/h2-5H,1H3. The summed E-state index contributed by atoms with van der Waals surface area (Å²) in [6.07, 6.45) is 2.09. The SMILES string of the molecule is CSSN1c2ccccc21. The lowest BCUT2D eigenvalue weighted by molar-refractivity contribution is 1.84. The van der Waals surface area contributed by atoms with Crippen molar-refractivity contribution in [1.82, 2.24) is 0 Å². The molecular formula is C7H7NS2. The van der Waals surface area contributed by atoms with Crippen molar-refractivity contribution in [3.05, 3.63) is 24.3 Å². The molecule has 52 valence electrons. The summed E-state index contributed by atoms with van der Waals surface area (Å²) < 4.78 is 2.23. The van der Waals surface area contributed by atoms with Crippen molar-refractivity contribution in [3.8, 4) is 0 Å². The molecular weight excluding hydrogens is 162 g/mol. The van der Waals surface area contributed by atoms with Crippen LogP contribution in [0.3, 0.4) is 0 Å². The fraction of sp³-hybridized carbons (Fsp3) is 0.143. The van der Waals surface area contributed by atoms with Crippen molar-refractivity contribution in [2.24, 2.45) is 0 Å². The number of anilines is 2. The number of hydrogen-bond donors (Lipinski definition) is 0. The van der Waals surface area contributed by atoms with Crippen LogP contribution in [0, 0.1) is 0 Å². The minimum atomic E-state index is 1.36. The molecule has 0 unspecified atom stereocenters. The van der Waals surface area contributed by atoms with Crippen molar-refractivity contribution < 1.29 is 0 Å². The van der Waals surface area contributed by atoms with Gasteiger partial charge in [-0.3, -0.25) is 4.31 Å². The van der Waals surface area contributed by atoms with Crippen LogP contribution in [0.4, 0.5) is 11.4 Å². The van der Waals surface area contributed by atoms with Crippen molar-refractivity contribution in [1.29, 1.82) is 0 Å². The smallest absolute Gasteiger partial charge is 0.0780 e. The van der Waals surface area contributed by atoms with Crippen LogP contribution in [0.1, 0.15) is 0 Å². The van der Waals surface area contributed by atoms with Gasteiger partial charge in [-0.15, -0.1) is 0 Å². The molecule has 0 saturated heterocycles. The molecule has 1 aliphatic rings. The van der Waals surface area contributed by atoms with Gasteiger partial charge in [-0.2, -0.15) is 0 Å². The van der Waals surface area contributed by atoms with E-state index in [1.165, 1.54) is 11.4 Å². The predicted molar refractivity (Wildman–Crippen MR) is 49.7 cm³/mol. The van der Waals surface area contributed by atoms with E-state index in [1.54, 1.807) is 21.8 Å². The first-order valence-electron chi connectivity index (χ1n) is 3.03. The Bertz CT molecular complexity index is 226. The number of hydrogen-bond acceptors (Lipinski definition) is 3. The van der Waals surface area contributed by atoms with Crippen LogP contribution in [0.5, 0.6) is 0 Å². The Morgan fingerprint density at radius 3 is 2.30 bits per heavy atom. The summed E-state index contributed by atoms with van der Waals surface area (Å²) in [5.74, 6) is 0. The van der Waals surface area contributed by atoms with Gasteiger partial charge in [0.1, 0.15) is 0 Å². The zero-order chi connectivity index (χ0) is 6.97. The summed E-state index contributed by atoms with van der Waals surface area (Å²) in [5, 5.41) is 0. The van der Waals surface area contributed by atoms with Crippen molar-refractivity contribution in [2.45, 2.75) is 0 Å². The van der Waals surface area contributed by atoms with Gasteiger partial charge in [0.05, 0.1) is 11.4 Å². The van der Waals surface area contributed by atoms with Crippen molar-refractivity contribution in [2.75, 3.05) is 10.6 Å². The molecule has 0 amide bonds. The summed E-state index contributed by atoms with van der Waals surface area (Å²) in [5.41, 5.74) is 2.73. The predicted octanol–water partition coefficient (Wildman–Crippen LogP) is 3.06. The average Bonchev–Trinajstić information content (AvgIpc) is 2.66. The lowest BCUT2D eigenvalue weighted by Gasteiger charge is -1.93. The van der Waals surface area contributed by atoms with Crippen LogP contribution in [0.2, 0.25) is 0 Å². The van der Waals surface area contributed by atoms with Crippen LogP contribution in [0.25, 0.3) is 0 Å². The van der Waals surface area contributed by atoms with Gasteiger partial charge in [0.25, 0.3) is 0 Å². The number of nitrogens with zero attached hydrogens (tertiary/aromatic N) is 1. The van der Waals surface area contributed by atoms with Crippen molar-refractivity contribution in [3.63, 3.8) is 0 Å². The van der Waals surface area contributed by atoms with E-state index in [-0.39, 0.29) is 0 Å². The second-order valence-corrected chi connectivity index (χ2v) is 4.32. The lowest BCUT2D eigenvalue weighted by atomic mass is 10.4. The molecule has 0 aliphatic carbocycles. The Morgan fingerprint density at radius 1 is 1.20 bits per heavy atom. The molecule has 1 aromatic carbocycles. The first kappa shape index (κ1) is 6.43. The Balaban J connectivity index is 2.14. The third-order valence-electron chi connectivity index (χ3n) is 1.42. The normalized spacial score (nSPS) is 13.1. The van der Waals surface area contributed by atoms with E-state index >= 15 is 0 Å². The van der Waals surface area contributed by atoms with E-state index in [1.807, 2.05) is 0 Å². The first-order chi connectivity index (χ1) is 4.93. The largest absolute Gasteiger partial charge is 0.271 e. The average molecular weight is 169 g/mol. The van der Waals surface area contributed by atoms with Crippen LogP contribution >= 0.6 is 21.8 Å². The fourth-order valence-corrected chi connectivity index (χ4v) is 2.44. The molecule has 0 aromatic heterocycles. The Kier molecular flexibility index (Phi) is 1.54. The van der Waals surface area contributed by atoms with Gasteiger partial charge < -0.3 is 0 Å². The highest BCUT2D eigenvalue weighted by Gasteiger charge is 2.28. The summed E-state index contributed by atoms with van der Waals surface area (Å²) in [6, 6.07) is 8.41. The van der Waals surface area contributed by atoms with Crippen molar-refractivity contribution >= 4 is 33.1 Å². The molecule has 0 N–H and O–H groups in total. The molecule has 0 saturated carbocycles. The quantitative estimate of drug-likeness (QED) is 0.380. The zero-order valence-electron chi connectivity index (χ0n) is 5.57. The molecule has 1 aliphatic heterocycles. The van der Waals surface area contributed by atoms with Gasteiger partial charge in [-0.1, -0.05) is 22.9 Å². The van der Waals surface area contributed by atoms with Gasteiger partial charge in [-0.25, -0.2) is 0 Å². The van der Waals surface area contributed by atoms with E-state index in [0.717, 1.165) is 0 Å². The van der Waals surface area contributed by atoms with Crippen LogP contribution < -0.4 is 4.31 Å². The Morgan fingerprint density at radius 2 is 1.80 bits per heavy atom. The Labute approximate surface area is 68.3 Å². The zero-order valence-corrected chi connectivity index (χ0v) is 7.21. The topological polar surface area (TPSA) is 3.01 Å². The summed E-state index contributed by atoms with van der Waals surface area (Å²) in [4.78, 5) is 0. The van der Waals surface area contributed by atoms with Gasteiger partial charge in [-0.05, 0) is 18.4 Å². The molecule has 1 heterocycles. The van der Waals surface area contributed by atoms with E-state index in [9.17, 15) is 0 Å². The summed E-state index contributed by atoms with van der Waals surface area (Å²) >= 11 is 0. The summed E-state index contributed by atoms with van der Waals surface area (Å²) in [6.45, 7) is 0. The summed E-state index contributed by atoms with van der Waals surface area (Å²) in [7, 11) is 3.55. The highest BCUT2D eigenvalue weighted by molar-refractivity contribution is 8.77. The van der Waals surface area contributed by atoms with Gasteiger partial charge in [0.15, 0.2) is 0 Å². The second-order valence-electron chi connectivity index (χ2n) is 2.02. The highest BCUT2D eigenvalue weighted by atomic mass is 33.1. The molecule has 10 heavy (non-hydrogen) atoms. The maximum atomic E-state index is 2.23. The van der Waals surface area contributed by atoms with E-state index in [2.05, 4.69) is 34.8 Å². The second kappa shape index (κ2) is 2.40. The first-order valence-corrected chi connectivity index (χ1v) is 5.55. The lowest BCUT2D eigenvalue weighted by Crippen LogP contribution is -1.75. The number of benzene rings is 1. The molecule has 0 spiro atoms. The Hall–Kier alpha value is -0.280. The molecule has 0 radical (unpaired) electrons. The number of para-hydroxylation sites is 2. The molecule has 3 heteroatoms. The molecule has 1 nitrogen and oxygen atoms in total.